The van der Waals surface area contributed by atoms with Crippen LogP contribution in [0, 0.1) is 0 Å². The van der Waals surface area contributed by atoms with Gasteiger partial charge in [-0.15, -0.1) is 11.3 Å². The smallest absolute Gasteiger partial charge is 0.348 e. The first-order chi connectivity index (χ1) is 15.4. The molecule has 3 aromatic rings. The molecule has 1 saturated heterocycles. The minimum atomic E-state index is -3.70. The summed E-state index contributed by atoms with van der Waals surface area (Å²) in [7, 11) is -3.70. The maximum Gasteiger partial charge on any atom is 0.348 e. The van der Waals surface area contributed by atoms with Crippen molar-refractivity contribution >= 4 is 49.0 Å². The number of nitrogens with zero attached hydrogens (tertiary/aromatic N) is 1. The summed E-state index contributed by atoms with van der Waals surface area (Å²) in [5, 5.41) is 3.60. The molecule has 0 radical (unpaired) electrons. The van der Waals surface area contributed by atoms with Gasteiger partial charge < -0.3 is 14.8 Å². The van der Waals surface area contributed by atoms with Gasteiger partial charge in [-0.1, -0.05) is 6.07 Å². The summed E-state index contributed by atoms with van der Waals surface area (Å²) in [6, 6.07) is 13.0. The molecule has 0 unspecified atom stereocenters. The van der Waals surface area contributed by atoms with E-state index in [0.29, 0.717) is 30.4 Å². The number of benzene rings is 2. The molecule has 0 aliphatic carbocycles. The van der Waals surface area contributed by atoms with Crippen LogP contribution in [-0.4, -0.2) is 57.5 Å². The zero-order valence-electron chi connectivity index (χ0n) is 17.4. The molecule has 10 heteroatoms. The number of hydrogen-bond donors (Lipinski definition) is 1. The Morgan fingerprint density at radius 2 is 1.91 bits per heavy atom. The highest BCUT2D eigenvalue weighted by Gasteiger charge is 2.27. The van der Waals surface area contributed by atoms with Crippen LogP contribution in [0.15, 0.2) is 53.4 Å². The second kappa shape index (κ2) is 9.37. The number of carbonyl (C=O) groups excluding carboxylic acids is 2. The Kier molecular flexibility index (Phi) is 6.56. The summed E-state index contributed by atoms with van der Waals surface area (Å²) in [5.41, 5.74) is 0.772. The van der Waals surface area contributed by atoms with Gasteiger partial charge in [0.05, 0.1) is 24.7 Å². The fourth-order valence-corrected chi connectivity index (χ4v) is 5.75. The van der Waals surface area contributed by atoms with Gasteiger partial charge in [-0.2, -0.15) is 4.31 Å². The van der Waals surface area contributed by atoms with E-state index in [9.17, 15) is 18.0 Å². The molecule has 168 valence electrons. The van der Waals surface area contributed by atoms with Crippen LogP contribution in [0.5, 0.6) is 0 Å². The Morgan fingerprint density at radius 1 is 1.12 bits per heavy atom. The van der Waals surface area contributed by atoms with Crippen molar-refractivity contribution in [2.45, 2.75) is 11.8 Å². The number of esters is 1. The molecule has 8 nitrogen and oxygen atoms in total. The van der Waals surface area contributed by atoms with Gasteiger partial charge in [-0.3, -0.25) is 4.79 Å². The molecule has 0 atom stereocenters. The predicted molar refractivity (Wildman–Crippen MR) is 122 cm³/mol. The van der Waals surface area contributed by atoms with Gasteiger partial charge in [0.25, 0.3) is 5.91 Å². The summed E-state index contributed by atoms with van der Waals surface area (Å²) < 4.78 is 38.3. The SMILES string of the molecule is CCOC(=O)c1cc2cc(NC(=O)c3cccc(S(=O)(=O)N4CCOCC4)c3)ccc2s1. The van der Waals surface area contributed by atoms with E-state index in [0.717, 1.165) is 10.1 Å². The first kappa shape index (κ1) is 22.4. The van der Waals surface area contributed by atoms with Gasteiger partial charge in [0.2, 0.25) is 10.0 Å². The number of anilines is 1. The number of amides is 1. The molecular weight excluding hydrogens is 452 g/mol. The van der Waals surface area contributed by atoms with E-state index in [4.69, 9.17) is 9.47 Å². The Hall–Kier alpha value is -2.79. The minimum absolute atomic E-state index is 0.0689. The fraction of sp³-hybridized carbons (Fsp3) is 0.273. The lowest BCUT2D eigenvalue weighted by atomic mass is 10.2. The fourth-order valence-electron chi connectivity index (χ4n) is 3.36. The molecule has 32 heavy (non-hydrogen) atoms. The average Bonchev–Trinajstić information content (AvgIpc) is 3.23. The zero-order valence-corrected chi connectivity index (χ0v) is 19.0. The van der Waals surface area contributed by atoms with Crippen molar-refractivity contribution in [3.05, 3.63) is 59.0 Å². The van der Waals surface area contributed by atoms with Crippen LogP contribution in [0.2, 0.25) is 0 Å². The van der Waals surface area contributed by atoms with Gasteiger partial charge >= 0.3 is 5.97 Å². The van der Waals surface area contributed by atoms with E-state index in [1.165, 1.54) is 27.8 Å². The predicted octanol–water partition coefficient (Wildman–Crippen LogP) is 3.35. The molecule has 1 aromatic heterocycles. The molecule has 4 rings (SSSR count). The minimum Gasteiger partial charge on any atom is -0.462 e. The van der Waals surface area contributed by atoms with Crippen molar-refractivity contribution in [3.63, 3.8) is 0 Å². The van der Waals surface area contributed by atoms with Crippen LogP contribution in [0.3, 0.4) is 0 Å². The zero-order chi connectivity index (χ0) is 22.7. The lowest BCUT2D eigenvalue weighted by molar-refractivity contribution is 0.0532. The maximum atomic E-state index is 12.9. The van der Waals surface area contributed by atoms with Gasteiger partial charge in [0.15, 0.2) is 0 Å². The number of sulfonamides is 1. The first-order valence-electron chi connectivity index (χ1n) is 10.1. The second-order valence-corrected chi connectivity index (χ2v) is 10.1. The standard InChI is InChI=1S/C22H22N2O6S2/c1-2-30-22(26)20-14-16-12-17(6-7-19(16)31-20)23-21(25)15-4-3-5-18(13-15)32(27,28)24-8-10-29-11-9-24/h3-7,12-14H,2,8-11H2,1H3,(H,23,25). The van der Waals surface area contributed by atoms with Gasteiger partial charge in [-0.05, 0) is 54.8 Å². The van der Waals surface area contributed by atoms with E-state index >= 15 is 0 Å². The molecule has 1 amide bonds. The third-order valence-electron chi connectivity index (χ3n) is 4.95. The first-order valence-corrected chi connectivity index (χ1v) is 12.3. The molecule has 0 bridgehead atoms. The monoisotopic (exact) mass is 474 g/mol. The van der Waals surface area contributed by atoms with Crippen molar-refractivity contribution in [2.75, 3.05) is 38.2 Å². The lowest BCUT2D eigenvalue weighted by Crippen LogP contribution is -2.40. The highest BCUT2D eigenvalue weighted by molar-refractivity contribution is 7.89. The van der Waals surface area contributed by atoms with Crippen LogP contribution >= 0.6 is 11.3 Å². The number of rotatable bonds is 6. The van der Waals surface area contributed by atoms with Crippen LogP contribution in [-0.2, 0) is 19.5 Å². The van der Waals surface area contributed by atoms with Gasteiger partial charge in [0, 0.05) is 29.0 Å². The van der Waals surface area contributed by atoms with E-state index in [2.05, 4.69) is 5.32 Å². The molecule has 2 heterocycles. The topological polar surface area (TPSA) is 102 Å². The Balaban J connectivity index is 1.53. The lowest BCUT2D eigenvalue weighted by Gasteiger charge is -2.26. The molecular formula is C22H22N2O6S2. The van der Waals surface area contributed by atoms with Crippen molar-refractivity contribution in [1.29, 1.82) is 0 Å². The van der Waals surface area contributed by atoms with Crippen LogP contribution in [0.25, 0.3) is 10.1 Å². The normalized spacial score (nSPS) is 14.9. The summed E-state index contributed by atoms with van der Waals surface area (Å²) in [6.45, 7) is 3.32. The largest absolute Gasteiger partial charge is 0.462 e. The number of nitrogens with one attached hydrogen (secondary N) is 1. The molecule has 2 aromatic carbocycles. The van der Waals surface area contributed by atoms with Crippen molar-refractivity contribution in [1.82, 2.24) is 4.31 Å². The molecule has 1 N–H and O–H groups in total. The quantitative estimate of drug-likeness (QED) is 0.550. The number of thiophene rings is 1. The number of ether oxygens (including phenoxy) is 2. The number of morpholine rings is 1. The second-order valence-electron chi connectivity index (χ2n) is 7.08. The van der Waals surface area contributed by atoms with E-state index in [1.54, 1.807) is 37.3 Å². The van der Waals surface area contributed by atoms with Crippen molar-refractivity contribution < 1.29 is 27.5 Å². The molecule has 1 aliphatic heterocycles. The maximum absolute atomic E-state index is 12.9. The summed E-state index contributed by atoms with van der Waals surface area (Å²) >= 11 is 1.32. The van der Waals surface area contributed by atoms with Gasteiger partial charge in [0.1, 0.15) is 4.88 Å². The Bertz CT molecular complexity index is 1260. The van der Waals surface area contributed by atoms with E-state index < -0.39 is 15.9 Å². The van der Waals surface area contributed by atoms with Gasteiger partial charge in [-0.25, -0.2) is 13.2 Å². The molecule has 0 saturated carbocycles. The number of carbonyl (C=O) groups is 2. The van der Waals surface area contributed by atoms with Crippen molar-refractivity contribution in [3.8, 4) is 0 Å². The van der Waals surface area contributed by atoms with Crippen LogP contribution in [0.4, 0.5) is 5.69 Å². The number of hydrogen-bond acceptors (Lipinski definition) is 7. The Morgan fingerprint density at radius 3 is 2.66 bits per heavy atom. The van der Waals surface area contributed by atoms with E-state index in [1.807, 2.05) is 6.07 Å². The summed E-state index contributed by atoms with van der Waals surface area (Å²) in [4.78, 5) is 25.3. The Labute approximate surface area is 189 Å². The molecule has 1 aliphatic rings. The van der Waals surface area contributed by atoms with Crippen molar-refractivity contribution in [2.24, 2.45) is 0 Å². The molecule has 0 spiro atoms. The highest BCUT2D eigenvalue weighted by atomic mass is 32.2. The van der Waals surface area contributed by atoms with E-state index in [-0.39, 0.29) is 29.5 Å². The number of fused-ring (bicyclic) bond motifs is 1. The highest BCUT2D eigenvalue weighted by Crippen LogP contribution is 2.29. The third kappa shape index (κ3) is 4.68. The molecule has 1 fully saturated rings. The third-order valence-corrected chi connectivity index (χ3v) is 7.95. The average molecular weight is 475 g/mol. The van der Waals surface area contributed by atoms with Crippen LogP contribution in [0.1, 0.15) is 27.0 Å². The van der Waals surface area contributed by atoms with Crippen LogP contribution < -0.4 is 5.32 Å². The summed E-state index contributed by atoms with van der Waals surface area (Å²) in [5.74, 6) is -0.804. The summed E-state index contributed by atoms with van der Waals surface area (Å²) in [6.07, 6.45) is 0.